The van der Waals surface area contributed by atoms with Crippen molar-refractivity contribution in [2.75, 3.05) is 13.4 Å². The van der Waals surface area contributed by atoms with Gasteiger partial charge in [-0.25, -0.2) is 4.98 Å². The zero-order valence-electron chi connectivity index (χ0n) is 11.9. The standard InChI is InChI=1S/C15H20N2O3/c1-10(2)6-15-16-11-7-13-14(20-9-19-13)8-12(11)17(15)4-3-5-18/h7-8,10,18H,3-6,9H2,1-2H3. The van der Waals surface area contributed by atoms with Crippen LogP contribution in [-0.4, -0.2) is 28.1 Å². The zero-order valence-corrected chi connectivity index (χ0v) is 11.9. The lowest BCUT2D eigenvalue weighted by atomic mass is 10.1. The van der Waals surface area contributed by atoms with Gasteiger partial charge in [0.2, 0.25) is 6.79 Å². The first-order valence-corrected chi connectivity index (χ1v) is 7.08. The van der Waals surface area contributed by atoms with Gasteiger partial charge in [0.25, 0.3) is 0 Å². The Kier molecular flexibility index (Phi) is 3.53. The van der Waals surface area contributed by atoms with Crippen molar-refractivity contribution in [2.45, 2.75) is 33.2 Å². The van der Waals surface area contributed by atoms with Crippen molar-refractivity contribution in [3.63, 3.8) is 0 Å². The third-order valence-corrected chi connectivity index (χ3v) is 3.45. The molecular formula is C15H20N2O3. The minimum Gasteiger partial charge on any atom is -0.454 e. The third-order valence-electron chi connectivity index (χ3n) is 3.45. The molecule has 1 N–H and O–H groups in total. The first-order valence-electron chi connectivity index (χ1n) is 7.08. The van der Waals surface area contributed by atoms with Gasteiger partial charge in [-0.3, -0.25) is 0 Å². The number of hydrogen-bond donors (Lipinski definition) is 1. The van der Waals surface area contributed by atoms with Gasteiger partial charge in [0.15, 0.2) is 11.5 Å². The minimum atomic E-state index is 0.186. The van der Waals surface area contributed by atoms with E-state index in [0.717, 1.165) is 47.7 Å². The van der Waals surface area contributed by atoms with Crippen LogP contribution in [0.4, 0.5) is 0 Å². The van der Waals surface area contributed by atoms with Crippen LogP contribution in [0.3, 0.4) is 0 Å². The van der Waals surface area contributed by atoms with E-state index in [1.54, 1.807) is 0 Å². The fraction of sp³-hybridized carbons (Fsp3) is 0.533. The van der Waals surface area contributed by atoms with Gasteiger partial charge in [-0.05, 0) is 12.3 Å². The molecule has 0 saturated heterocycles. The molecule has 5 nitrogen and oxygen atoms in total. The van der Waals surface area contributed by atoms with E-state index in [1.807, 2.05) is 12.1 Å². The summed E-state index contributed by atoms with van der Waals surface area (Å²) in [7, 11) is 0. The van der Waals surface area contributed by atoms with E-state index in [1.165, 1.54) is 0 Å². The molecule has 1 aromatic carbocycles. The number of aryl methyl sites for hydroxylation is 1. The summed E-state index contributed by atoms with van der Waals surface area (Å²) < 4.78 is 13.0. The van der Waals surface area contributed by atoms with Crippen LogP contribution < -0.4 is 9.47 Å². The van der Waals surface area contributed by atoms with Crippen molar-refractivity contribution >= 4 is 11.0 Å². The minimum absolute atomic E-state index is 0.186. The zero-order chi connectivity index (χ0) is 14.1. The molecule has 0 aliphatic carbocycles. The average Bonchev–Trinajstić information content (AvgIpc) is 2.96. The van der Waals surface area contributed by atoms with Gasteiger partial charge in [0, 0.05) is 31.7 Å². The molecule has 0 saturated carbocycles. The predicted molar refractivity (Wildman–Crippen MR) is 76.1 cm³/mol. The maximum Gasteiger partial charge on any atom is 0.231 e. The lowest BCUT2D eigenvalue weighted by Crippen LogP contribution is -2.08. The van der Waals surface area contributed by atoms with E-state index in [2.05, 4.69) is 18.4 Å². The monoisotopic (exact) mass is 276 g/mol. The lowest BCUT2D eigenvalue weighted by molar-refractivity contribution is 0.174. The number of ether oxygens (including phenoxy) is 2. The summed E-state index contributed by atoms with van der Waals surface area (Å²) in [6.07, 6.45) is 1.65. The second kappa shape index (κ2) is 5.32. The van der Waals surface area contributed by atoms with Crippen LogP contribution in [0.25, 0.3) is 11.0 Å². The van der Waals surface area contributed by atoms with Crippen molar-refractivity contribution in [1.82, 2.24) is 9.55 Å². The highest BCUT2D eigenvalue weighted by molar-refractivity contribution is 5.81. The molecule has 3 rings (SSSR count). The molecule has 1 aliphatic heterocycles. The van der Waals surface area contributed by atoms with E-state index >= 15 is 0 Å². The van der Waals surface area contributed by atoms with Gasteiger partial charge >= 0.3 is 0 Å². The van der Waals surface area contributed by atoms with Crippen LogP contribution in [0.2, 0.25) is 0 Å². The number of fused-ring (bicyclic) bond motifs is 2. The Balaban J connectivity index is 2.08. The molecule has 0 fully saturated rings. The molecule has 0 radical (unpaired) electrons. The maximum atomic E-state index is 9.09. The number of hydrogen-bond acceptors (Lipinski definition) is 4. The predicted octanol–water partition coefficient (Wildman–Crippen LogP) is 2.35. The van der Waals surface area contributed by atoms with Gasteiger partial charge in [-0.2, -0.15) is 0 Å². The largest absolute Gasteiger partial charge is 0.454 e. The van der Waals surface area contributed by atoms with Gasteiger partial charge in [0.05, 0.1) is 11.0 Å². The number of aliphatic hydroxyl groups is 1. The second-order valence-corrected chi connectivity index (χ2v) is 5.55. The highest BCUT2D eigenvalue weighted by Gasteiger charge is 2.19. The molecule has 20 heavy (non-hydrogen) atoms. The van der Waals surface area contributed by atoms with Crippen LogP contribution in [-0.2, 0) is 13.0 Å². The molecule has 0 unspecified atom stereocenters. The average molecular weight is 276 g/mol. The quantitative estimate of drug-likeness (QED) is 0.910. The molecule has 1 aliphatic rings. The molecule has 0 spiro atoms. The molecule has 0 atom stereocenters. The molecule has 0 amide bonds. The smallest absolute Gasteiger partial charge is 0.231 e. The van der Waals surface area contributed by atoms with Crippen molar-refractivity contribution in [2.24, 2.45) is 5.92 Å². The third kappa shape index (κ3) is 2.33. The SMILES string of the molecule is CC(C)Cc1nc2cc3c(cc2n1CCCO)OCO3. The Morgan fingerprint density at radius 2 is 2.05 bits per heavy atom. The number of benzene rings is 1. The lowest BCUT2D eigenvalue weighted by Gasteiger charge is -2.10. The highest BCUT2D eigenvalue weighted by Crippen LogP contribution is 2.36. The van der Waals surface area contributed by atoms with Gasteiger partial charge in [-0.1, -0.05) is 13.8 Å². The summed E-state index contributed by atoms with van der Waals surface area (Å²) in [5.74, 6) is 3.14. The molecule has 2 aromatic rings. The summed E-state index contributed by atoms with van der Waals surface area (Å²) in [4.78, 5) is 4.73. The first kappa shape index (κ1) is 13.2. The topological polar surface area (TPSA) is 56.5 Å². The fourth-order valence-electron chi connectivity index (χ4n) is 2.56. The highest BCUT2D eigenvalue weighted by atomic mass is 16.7. The fourth-order valence-corrected chi connectivity index (χ4v) is 2.56. The number of rotatable bonds is 5. The Morgan fingerprint density at radius 1 is 1.30 bits per heavy atom. The van der Waals surface area contributed by atoms with Crippen LogP contribution in [0.1, 0.15) is 26.1 Å². The first-order chi connectivity index (χ1) is 9.69. The molecule has 5 heteroatoms. The Labute approximate surface area is 118 Å². The van der Waals surface area contributed by atoms with E-state index in [-0.39, 0.29) is 13.4 Å². The second-order valence-electron chi connectivity index (χ2n) is 5.55. The molecule has 0 bridgehead atoms. The molecule has 2 heterocycles. The number of aromatic nitrogens is 2. The number of nitrogens with zero attached hydrogens (tertiary/aromatic N) is 2. The Hall–Kier alpha value is -1.75. The summed E-state index contributed by atoms with van der Waals surface area (Å²) in [6.45, 7) is 5.60. The Morgan fingerprint density at radius 3 is 2.75 bits per heavy atom. The van der Waals surface area contributed by atoms with Gasteiger partial charge in [-0.15, -0.1) is 0 Å². The van der Waals surface area contributed by atoms with E-state index in [9.17, 15) is 0 Å². The van der Waals surface area contributed by atoms with Crippen molar-refractivity contribution in [3.8, 4) is 11.5 Å². The summed E-state index contributed by atoms with van der Waals surface area (Å²) in [6, 6.07) is 3.93. The van der Waals surface area contributed by atoms with E-state index in [4.69, 9.17) is 19.6 Å². The van der Waals surface area contributed by atoms with Gasteiger partial charge in [0.1, 0.15) is 5.82 Å². The normalized spacial score (nSPS) is 13.6. The van der Waals surface area contributed by atoms with Crippen molar-refractivity contribution in [3.05, 3.63) is 18.0 Å². The summed E-state index contributed by atoms with van der Waals surface area (Å²) in [5, 5.41) is 9.09. The molecule has 1 aromatic heterocycles. The van der Waals surface area contributed by atoms with E-state index in [0.29, 0.717) is 5.92 Å². The van der Waals surface area contributed by atoms with Crippen LogP contribution in [0, 0.1) is 5.92 Å². The van der Waals surface area contributed by atoms with Crippen molar-refractivity contribution in [1.29, 1.82) is 0 Å². The van der Waals surface area contributed by atoms with Crippen LogP contribution in [0.15, 0.2) is 12.1 Å². The van der Waals surface area contributed by atoms with Crippen molar-refractivity contribution < 1.29 is 14.6 Å². The number of aliphatic hydroxyl groups excluding tert-OH is 1. The Bertz CT molecular complexity index is 619. The number of imidazole rings is 1. The van der Waals surface area contributed by atoms with Crippen LogP contribution >= 0.6 is 0 Å². The summed E-state index contributed by atoms with van der Waals surface area (Å²) in [5.41, 5.74) is 1.99. The van der Waals surface area contributed by atoms with E-state index < -0.39 is 0 Å². The maximum absolute atomic E-state index is 9.09. The van der Waals surface area contributed by atoms with Gasteiger partial charge < -0.3 is 19.1 Å². The molecule has 108 valence electrons. The molecular weight excluding hydrogens is 256 g/mol. The summed E-state index contributed by atoms with van der Waals surface area (Å²) >= 11 is 0. The van der Waals surface area contributed by atoms with Crippen LogP contribution in [0.5, 0.6) is 11.5 Å².